The minimum absolute atomic E-state index is 0.670. The minimum atomic E-state index is 0.670. The fraction of sp³-hybridized carbons (Fsp3) is 0. The predicted molar refractivity (Wildman–Crippen MR) is 177 cm³/mol. The normalized spacial score (nSPS) is 11.9. The van der Waals surface area contributed by atoms with Crippen LogP contribution in [0.1, 0.15) is 5.56 Å². The summed E-state index contributed by atoms with van der Waals surface area (Å²) < 4.78 is 7.52. The van der Waals surface area contributed by atoms with Crippen LogP contribution in [0.15, 0.2) is 121 Å². The number of hydrogen-bond donors (Lipinski definition) is 0. The molecule has 2 nitrogen and oxygen atoms in total. The average molecular weight is 557 g/mol. The highest BCUT2D eigenvalue weighted by atomic mass is 32.1. The summed E-state index contributed by atoms with van der Waals surface area (Å²) >= 11 is 3.71. The summed E-state index contributed by atoms with van der Waals surface area (Å²) in [6, 6.07) is 45.8. The number of benzene rings is 6. The van der Waals surface area contributed by atoms with Gasteiger partial charge in [-0.1, -0.05) is 78.9 Å². The molecule has 0 aliphatic rings. The summed E-state index contributed by atoms with van der Waals surface area (Å²) in [6.07, 6.45) is 0. The molecule has 41 heavy (non-hydrogen) atoms. The van der Waals surface area contributed by atoms with Gasteiger partial charge in [0.05, 0.1) is 33.1 Å². The van der Waals surface area contributed by atoms with Crippen molar-refractivity contribution in [1.82, 2.24) is 4.57 Å². The van der Waals surface area contributed by atoms with Gasteiger partial charge in [0, 0.05) is 46.4 Å². The molecule has 190 valence electrons. The van der Waals surface area contributed by atoms with Gasteiger partial charge in [-0.2, -0.15) is 5.26 Å². The van der Waals surface area contributed by atoms with E-state index in [1.807, 2.05) is 34.8 Å². The van der Waals surface area contributed by atoms with Crippen molar-refractivity contribution in [3.63, 3.8) is 0 Å². The Kier molecular flexibility index (Phi) is 4.74. The Morgan fingerprint density at radius 3 is 2.20 bits per heavy atom. The van der Waals surface area contributed by atoms with Crippen molar-refractivity contribution in [3.8, 4) is 22.9 Å². The number of para-hydroxylation sites is 1. The Labute approximate surface area is 243 Å². The van der Waals surface area contributed by atoms with Crippen LogP contribution in [0.2, 0.25) is 0 Å². The molecule has 9 rings (SSSR count). The zero-order valence-electron chi connectivity index (χ0n) is 21.8. The van der Waals surface area contributed by atoms with Gasteiger partial charge in [0.25, 0.3) is 0 Å². The van der Waals surface area contributed by atoms with E-state index in [2.05, 4.69) is 120 Å². The van der Waals surface area contributed by atoms with E-state index >= 15 is 0 Å². The second-order valence-corrected chi connectivity index (χ2v) is 12.6. The number of rotatable bonds is 2. The van der Waals surface area contributed by atoms with Crippen LogP contribution in [0.4, 0.5) is 0 Å². The van der Waals surface area contributed by atoms with Crippen LogP contribution in [0.5, 0.6) is 0 Å². The molecule has 0 saturated carbocycles. The van der Waals surface area contributed by atoms with Crippen molar-refractivity contribution >= 4 is 84.8 Å². The van der Waals surface area contributed by atoms with Crippen molar-refractivity contribution in [2.75, 3.05) is 0 Å². The fourth-order valence-electron chi connectivity index (χ4n) is 6.44. The Morgan fingerprint density at radius 2 is 1.27 bits per heavy atom. The molecule has 4 heteroatoms. The Balaban J connectivity index is 1.34. The molecule has 3 heterocycles. The summed E-state index contributed by atoms with van der Waals surface area (Å²) in [6.45, 7) is 0. The zero-order chi connectivity index (χ0) is 27.1. The van der Waals surface area contributed by atoms with E-state index in [-0.39, 0.29) is 0 Å². The molecule has 0 amide bonds. The van der Waals surface area contributed by atoms with Crippen LogP contribution >= 0.6 is 22.7 Å². The van der Waals surface area contributed by atoms with Gasteiger partial charge in [0.2, 0.25) is 0 Å². The highest BCUT2D eigenvalue weighted by Crippen LogP contribution is 2.45. The van der Waals surface area contributed by atoms with Gasteiger partial charge in [-0.15, -0.1) is 22.7 Å². The maximum atomic E-state index is 9.69. The molecular formula is C37H20N2S2. The van der Waals surface area contributed by atoms with Crippen LogP contribution < -0.4 is 0 Å². The van der Waals surface area contributed by atoms with E-state index in [1.165, 1.54) is 56.9 Å². The van der Waals surface area contributed by atoms with Gasteiger partial charge in [-0.25, -0.2) is 0 Å². The van der Waals surface area contributed by atoms with Crippen molar-refractivity contribution < 1.29 is 0 Å². The van der Waals surface area contributed by atoms with Crippen LogP contribution in [0, 0.1) is 11.3 Å². The summed E-state index contributed by atoms with van der Waals surface area (Å²) in [5.41, 5.74) is 6.54. The largest absolute Gasteiger partial charge is 0.308 e. The van der Waals surface area contributed by atoms with Crippen LogP contribution in [-0.4, -0.2) is 4.57 Å². The van der Waals surface area contributed by atoms with E-state index < -0.39 is 0 Å². The lowest BCUT2D eigenvalue weighted by molar-refractivity contribution is 1.20. The van der Waals surface area contributed by atoms with E-state index in [0.717, 1.165) is 22.1 Å². The van der Waals surface area contributed by atoms with E-state index in [0.29, 0.717) is 5.56 Å². The first-order valence-electron chi connectivity index (χ1n) is 13.6. The molecule has 0 spiro atoms. The lowest BCUT2D eigenvalue weighted by Crippen LogP contribution is -1.94. The Morgan fingerprint density at radius 1 is 0.537 bits per heavy atom. The molecule has 6 aromatic carbocycles. The van der Waals surface area contributed by atoms with Crippen LogP contribution in [0.25, 0.3) is 79.0 Å². The van der Waals surface area contributed by atoms with Gasteiger partial charge in [-0.05, 0) is 53.6 Å². The van der Waals surface area contributed by atoms with Crippen LogP contribution in [-0.2, 0) is 0 Å². The quantitative estimate of drug-likeness (QED) is 0.208. The first-order valence-corrected chi connectivity index (χ1v) is 15.2. The maximum absolute atomic E-state index is 9.69. The number of hydrogen-bond acceptors (Lipinski definition) is 3. The topological polar surface area (TPSA) is 28.7 Å². The summed E-state index contributed by atoms with van der Waals surface area (Å²) in [5, 5.41) is 17.3. The third kappa shape index (κ3) is 3.22. The molecule has 0 fully saturated rings. The van der Waals surface area contributed by atoms with E-state index in [4.69, 9.17) is 0 Å². The molecule has 9 aromatic rings. The molecule has 0 N–H and O–H groups in total. The van der Waals surface area contributed by atoms with Crippen molar-refractivity contribution in [2.24, 2.45) is 0 Å². The number of aromatic nitrogens is 1. The van der Waals surface area contributed by atoms with E-state index in [9.17, 15) is 5.26 Å². The van der Waals surface area contributed by atoms with Gasteiger partial charge in [-0.3, -0.25) is 0 Å². The second-order valence-electron chi connectivity index (χ2n) is 10.4. The molecule has 0 unspecified atom stereocenters. The predicted octanol–water partition coefficient (Wildman–Crippen LogP) is 11.1. The summed E-state index contributed by atoms with van der Waals surface area (Å²) in [4.78, 5) is 0. The third-order valence-corrected chi connectivity index (χ3v) is 10.6. The van der Waals surface area contributed by atoms with E-state index in [1.54, 1.807) is 0 Å². The van der Waals surface area contributed by atoms with Gasteiger partial charge >= 0.3 is 0 Å². The average Bonchev–Trinajstić information content (AvgIpc) is 3.69. The Bertz CT molecular complexity index is 2550. The van der Waals surface area contributed by atoms with Gasteiger partial charge < -0.3 is 4.57 Å². The molecule has 3 aromatic heterocycles. The van der Waals surface area contributed by atoms with Crippen molar-refractivity contribution in [3.05, 3.63) is 127 Å². The standard InChI is InChI=1S/C37H20N2S2/c38-21-22-15-17-26-25-7-1-3-11-30(25)39(32(26)19-22)31-12-5-10-29-36-24(9-6-14-34(36)41-37(29)31)23-16-18-28-27-8-2-4-13-33(27)40-35(28)20-23/h1-20H. The molecule has 0 bridgehead atoms. The lowest BCUT2D eigenvalue weighted by Gasteiger charge is -2.10. The first kappa shape index (κ1) is 22.8. The molecular weight excluding hydrogens is 537 g/mol. The Hall–Kier alpha value is -4.95. The smallest absolute Gasteiger partial charge is 0.0992 e. The SMILES string of the molecule is N#Cc1ccc2c3ccccc3n(-c3cccc4c3sc3cccc(-c5ccc6c(c5)sc5ccccc56)c34)c2c1. The molecule has 0 radical (unpaired) electrons. The number of nitriles is 1. The molecule has 0 saturated heterocycles. The lowest BCUT2D eigenvalue weighted by atomic mass is 9.98. The van der Waals surface area contributed by atoms with Crippen molar-refractivity contribution in [2.45, 2.75) is 0 Å². The molecule has 0 aliphatic heterocycles. The zero-order valence-corrected chi connectivity index (χ0v) is 23.4. The molecule has 0 atom stereocenters. The highest BCUT2D eigenvalue weighted by molar-refractivity contribution is 7.26. The number of fused-ring (bicyclic) bond motifs is 9. The second kappa shape index (κ2) is 8.52. The molecule has 0 aliphatic carbocycles. The number of thiophene rings is 2. The number of nitrogens with zero attached hydrogens (tertiary/aromatic N) is 2. The summed E-state index contributed by atoms with van der Waals surface area (Å²) in [7, 11) is 0. The van der Waals surface area contributed by atoms with Crippen molar-refractivity contribution in [1.29, 1.82) is 5.26 Å². The van der Waals surface area contributed by atoms with Gasteiger partial charge in [0.15, 0.2) is 0 Å². The fourth-order valence-corrected chi connectivity index (χ4v) is 8.82. The monoisotopic (exact) mass is 556 g/mol. The van der Waals surface area contributed by atoms with Crippen LogP contribution in [0.3, 0.4) is 0 Å². The highest BCUT2D eigenvalue weighted by Gasteiger charge is 2.18. The van der Waals surface area contributed by atoms with Gasteiger partial charge in [0.1, 0.15) is 0 Å². The maximum Gasteiger partial charge on any atom is 0.0992 e. The summed E-state index contributed by atoms with van der Waals surface area (Å²) in [5.74, 6) is 0. The first-order chi connectivity index (χ1) is 20.3. The third-order valence-electron chi connectivity index (χ3n) is 8.24. The minimum Gasteiger partial charge on any atom is -0.308 e.